The first-order valence-corrected chi connectivity index (χ1v) is 4.52. The van der Waals surface area contributed by atoms with Crippen LogP contribution in [0, 0.1) is 20.8 Å². The van der Waals surface area contributed by atoms with Crippen LogP contribution in [0.3, 0.4) is 0 Å². The van der Waals surface area contributed by atoms with Gasteiger partial charge < -0.3 is 5.73 Å². The third-order valence-corrected chi connectivity index (χ3v) is 2.33. The van der Waals surface area contributed by atoms with Crippen molar-refractivity contribution < 1.29 is 0 Å². The van der Waals surface area contributed by atoms with Crippen molar-refractivity contribution in [3.05, 3.63) is 47.0 Å². The lowest BCUT2D eigenvalue weighted by atomic mass is 9.94. The molecule has 0 aliphatic heterocycles. The zero-order valence-corrected chi connectivity index (χ0v) is 8.59. The average molecular weight is 175 g/mol. The maximum atomic E-state index is 5.93. The molecule has 70 valence electrons. The van der Waals surface area contributed by atoms with Crippen molar-refractivity contribution in [3.63, 3.8) is 0 Å². The van der Waals surface area contributed by atoms with Crippen LogP contribution in [-0.2, 0) is 0 Å². The standard InChI is InChI=1S/C12H17N/c1-5-11(13)12-9(3)6-8(2)7-10(12)4/h5-7,11H,1,13H2,2-4H3. The van der Waals surface area contributed by atoms with Gasteiger partial charge in [-0.3, -0.25) is 0 Å². The zero-order valence-electron chi connectivity index (χ0n) is 8.59. The van der Waals surface area contributed by atoms with Gasteiger partial charge in [0, 0.05) is 6.04 Å². The van der Waals surface area contributed by atoms with E-state index in [1.54, 1.807) is 6.08 Å². The Morgan fingerprint density at radius 2 is 1.69 bits per heavy atom. The van der Waals surface area contributed by atoms with Gasteiger partial charge in [0.25, 0.3) is 0 Å². The third-order valence-electron chi connectivity index (χ3n) is 2.33. The van der Waals surface area contributed by atoms with Gasteiger partial charge in [-0.2, -0.15) is 0 Å². The van der Waals surface area contributed by atoms with E-state index >= 15 is 0 Å². The van der Waals surface area contributed by atoms with E-state index in [2.05, 4.69) is 39.5 Å². The molecule has 0 heterocycles. The first kappa shape index (κ1) is 10.0. The molecule has 2 N–H and O–H groups in total. The molecule has 1 rings (SSSR count). The Morgan fingerprint density at radius 3 is 2.08 bits per heavy atom. The van der Waals surface area contributed by atoms with Crippen LogP contribution in [0.15, 0.2) is 24.8 Å². The first-order chi connectivity index (χ1) is 6.06. The van der Waals surface area contributed by atoms with E-state index in [0.717, 1.165) is 0 Å². The topological polar surface area (TPSA) is 26.0 Å². The summed E-state index contributed by atoms with van der Waals surface area (Å²) < 4.78 is 0. The van der Waals surface area contributed by atoms with E-state index in [4.69, 9.17) is 5.73 Å². The van der Waals surface area contributed by atoms with Crippen molar-refractivity contribution in [1.82, 2.24) is 0 Å². The minimum absolute atomic E-state index is 0.0411. The molecule has 0 aliphatic rings. The van der Waals surface area contributed by atoms with Gasteiger partial charge in [0.15, 0.2) is 0 Å². The van der Waals surface area contributed by atoms with Crippen molar-refractivity contribution in [3.8, 4) is 0 Å². The normalized spacial score (nSPS) is 12.6. The molecule has 0 aromatic heterocycles. The Bertz CT molecular complexity index is 303. The zero-order chi connectivity index (χ0) is 10.0. The first-order valence-electron chi connectivity index (χ1n) is 4.52. The predicted molar refractivity (Wildman–Crippen MR) is 57.8 cm³/mol. The highest BCUT2D eigenvalue weighted by molar-refractivity contribution is 5.40. The summed E-state index contributed by atoms with van der Waals surface area (Å²) in [5.74, 6) is 0. The van der Waals surface area contributed by atoms with Crippen LogP contribution < -0.4 is 5.73 Å². The molecule has 0 saturated carbocycles. The van der Waals surface area contributed by atoms with E-state index in [1.807, 2.05) is 0 Å². The number of hydrogen-bond donors (Lipinski definition) is 1. The molecule has 0 radical (unpaired) electrons. The summed E-state index contributed by atoms with van der Waals surface area (Å²) in [4.78, 5) is 0. The van der Waals surface area contributed by atoms with Gasteiger partial charge in [-0.25, -0.2) is 0 Å². The van der Waals surface area contributed by atoms with E-state index in [1.165, 1.54) is 22.3 Å². The van der Waals surface area contributed by atoms with E-state index in [9.17, 15) is 0 Å². The summed E-state index contributed by atoms with van der Waals surface area (Å²) in [5, 5.41) is 0. The molecule has 1 nitrogen and oxygen atoms in total. The molecule has 0 aliphatic carbocycles. The highest BCUT2D eigenvalue weighted by Gasteiger charge is 2.08. The van der Waals surface area contributed by atoms with Gasteiger partial charge in [-0.15, -0.1) is 6.58 Å². The quantitative estimate of drug-likeness (QED) is 0.687. The minimum atomic E-state index is -0.0411. The molecule has 0 saturated heterocycles. The minimum Gasteiger partial charge on any atom is -0.321 e. The number of rotatable bonds is 2. The molecule has 0 spiro atoms. The third kappa shape index (κ3) is 1.99. The molecule has 0 bridgehead atoms. The fraction of sp³-hybridized carbons (Fsp3) is 0.333. The SMILES string of the molecule is C=CC(N)c1c(C)cc(C)cc1C. The Hall–Kier alpha value is -1.08. The second kappa shape index (κ2) is 3.75. The lowest BCUT2D eigenvalue weighted by molar-refractivity contribution is 0.888. The fourth-order valence-electron chi connectivity index (χ4n) is 1.83. The second-order valence-corrected chi connectivity index (χ2v) is 3.57. The fourth-order valence-corrected chi connectivity index (χ4v) is 1.83. The van der Waals surface area contributed by atoms with Gasteiger partial charge in [-0.05, 0) is 37.5 Å². The molecule has 0 fully saturated rings. The molecular formula is C12H17N. The van der Waals surface area contributed by atoms with Crippen molar-refractivity contribution in [2.24, 2.45) is 5.73 Å². The maximum Gasteiger partial charge on any atom is 0.0483 e. The van der Waals surface area contributed by atoms with Gasteiger partial charge in [0.1, 0.15) is 0 Å². The van der Waals surface area contributed by atoms with Crippen molar-refractivity contribution in [1.29, 1.82) is 0 Å². The predicted octanol–water partition coefficient (Wildman–Crippen LogP) is 2.80. The van der Waals surface area contributed by atoms with Crippen LogP contribution in [0.2, 0.25) is 0 Å². The second-order valence-electron chi connectivity index (χ2n) is 3.57. The molecule has 1 aromatic rings. The monoisotopic (exact) mass is 175 g/mol. The average Bonchev–Trinajstić information content (AvgIpc) is 2.02. The van der Waals surface area contributed by atoms with Gasteiger partial charge in [-0.1, -0.05) is 23.8 Å². The lowest BCUT2D eigenvalue weighted by Crippen LogP contribution is -2.10. The summed E-state index contributed by atoms with van der Waals surface area (Å²) in [6.45, 7) is 10.0. The Labute approximate surface area is 80.3 Å². The van der Waals surface area contributed by atoms with E-state index in [-0.39, 0.29) is 6.04 Å². The van der Waals surface area contributed by atoms with Crippen molar-refractivity contribution in [2.75, 3.05) is 0 Å². The Kier molecular flexibility index (Phi) is 2.89. The van der Waals surface area contributed by atoms with E-state index in [0.29, 0.717) is 0 Å². The lowest BCUT2D eigenvalue weighted by Gasteiger charge is -2.14. The van der Waals surface area contributed by atoms with Crippen LogP contribution in [0.4, 0.5) is 0 Å². The summed E-state index contributed by atoms with van der Waals surface area (Å²) in [6.07, 6.45) is 1.78. The summed E-state index contributed by atoms with van der Waals surface area (Å²) >= 11 is 0. The summed E-state index contributed by atoms with van der Waals surface area (Å²) in [6, 6.07) is 4.28. The number of benzene rings is 1. The van der Waals surface area contributed by atoms with Gasteiger partial charge >= 0.3 is 0 Å². The van der Waals surface area contributed by atoms with Crippen molar-refractivity contribution >= 4 is 0 Å². The molecule has 13 heavy (non-hydrogen) atoms. The highest BCUT2D eigenvalue weighted by atomic mass is 14.6. The number of hydrogen-bond acceptors (Lipinski definition) is 1. The summed E-state index contributed by atoms with van der Waals surface area (Å²) in [5.41, 5.74) is 10.9. The maximum absolute atomic E-state index is 5.93. The number of aryl methyl sites for hydroxylation is 3. The summed E-state index contributed by atoms with van der Waals surface area (Å²) in [7, 11) is 0. The van der Waals surface area contributed by atoms with Crippen molar-refractivity contribution in [2.45, 2.75) is 26.8 Å². The largest absolute Gasteiger partial charge is 0.321 e. The Balaban J connectivity index is 3.28. The van der Waals surface area contributed by atoms with Gasteiger partial charge in [0.2, 0.25) is 0 Å². The molecule has 1 atom stereocenters. The molecular weight excluding hydrogens is 158 g/mol. The van der Waals surface area contributed by atoms with Crippen LogP contribution in [0.1, 0.15) is 28.3 Å². The van der Waals surface area contributed by atoms with Crippen LogP contribution in [-0.4, -0.2) is 0 Å². The molecule has 0 amide bonds. The smallest absolute Gasteiger partial charge is 0.0483 e. The van der Waals surface area contributed by atoms with Crippen LogP contribution in [0.25, 0.3) is 0 Å². The van der Waals surface area contributed by atoms with Crippen LogP contribution >= 0.6 is 0 Å². The Morgan fingerprint density at radius 1 is 1.23 bits per heavy atom. The van der Waals surface area contributed by atoms with Crippen LogP contribution in [0.5, 0.6) is 0 Å². The highest BCUT2D eigenvalue weighted by Crippen LogP contribution is 2.22. The van der Waals surface area contributed by atoms with Gasteiger partial charge in [0.05, 0.1) is 0 Å². The number of nitrogens with two attached hydrogens (primary N) is 1. The molecule has 1 unspecified atom stereocenters. The molecule has 1 heteroatoms. The van der Waals surface area contributed by atoms with E-state index < -0.39 is 0 Å². The molecule has 1 aromatic carbocycles.